The van der Waals surface area contributed by atoms with E-state index in [1.807, 2.05) is 0 Å². The Morgan fingerprint density at radius 2 is 1.82 bits per heavy atom. The second kappa shape index (κ2) is 7.94. The van der Waals surface area contributed by atoms with Crippen LogP contribution in [0.2, 0.25) is 0 Å². The molecule has 4 rings (SSSR count). The van der Waals surface area contributed by atoms with Crippen molar-refractivity contribution in [2.45, 2.75) is 51.8 Å². The molecule has 3 aromatic rings. The van der Waals surface area contributed by atoms with Gasteiger partial charge in [0.05, 0.1) is 6.54 Å². The van der Waals surface area contributed by atoms with E-state index in [4.69, 9.17) is 0 Å². The maximum Gasteiger partial charge on any atom is 0.135 e. The van der Waals surface area contributed by atoms with Crippen molar-refractivity contribution in [1.29, 1.82) is 0 Å². The summed E-state index contributed by atoms with van der Waals surface area (Å²) in [4.78, 5) is 0. The number of hydrogen-bond donors (Lipinski definition) is 1. The molecule has 0 bridgehead atoms. The van der Waals surface area contributed by atoms with E-state index in [9.17, 15) is 4.55 Å². The molecule has 0 saturated heterocycles. The van der Waals surface area contributed by atoms with Gasteiger partial charge in [0.25, 0.3) is 0 Å². The first-order chi connectivity index (χ1) is 13.4. The molecule has 28 heavy (non-hydrogen) atoms. The maximum absolute atomic E-state index is 12.0. The van der Waals surface area contributed by atoms with Crippen molar-refractivity contribution in [3.63, 3.8) is 0 Å². The summed E-state index contributed by atoms with van der Waals surface area (Å²) in [5, 5.41) is 1.71. The molecule has 1 aliphatic carbocycles. The zero-order valence-corrected chi connectivity index (χ0v) is 17.9. The van der Waals surface area contributed by atoms with Gasteiger partial charge in [0, 0.05) is 47.8 Å². The van der Waals surface area contributed by atoms with Crippen molar-refractivity contribution in [3.05, 3.63) is 60.3 Å². The summed E-state index contributed by atoms with van der Waals surface area (Å²) in [6.45, 7) is 8.44. The third kappa shape index (κ3) is 4.62. The second-order valence-corrected chi connectivity index (χ2v) is 10.6. The standard InChI is InChI=1S/C24H30N2OS/c1-24(2,3)16-20-17-26(14-13-25-28(27)21-10-11-21)23-12-9-19(15-22(20)23)18-7-5-4-6-8-18/h4-9,12,15,17,21,25H,10-11,13-14,16H2,1-3H3. The molecule has 1 aliphatic rings. The lowest BCUT2D eigenvalue weighted by Gasteiger charge is -2.17. The van der Waals surface area contributed by atoms with Gasteiger partial charge in [0.1, 0.15) is 5.25 Å². The van der Waals surface area contributed by atoms with Crippen LogP contribution >= 0.6 is 0 Å². The van der Waals surface area contributed by atoms with Crippen LogP contribution in [-0.2, 0) is 24.3 Å². The maximum atomic E-state index is 12.0. The molecule has 3 nitrogen and oxygen atoms in total. The lowest BCUT2D eigenvalue weighted by Crippen LogP contribution is -2.30. The van der Waals surface area contributed by atoms with Crippen LogP contribution < -0.4 is 4.72 Å². The second-order valence-electron chi connectivity index (χ2n) is 9.07. The quantitative estimate of drug-likeness (QED) is 0.552. The largest absolute Gasteiger partial charge is 0.598 e. The fourth-order valence-electron chi connectivity index (χ4n) is 3.74. The summed E-state index contributed by atoms with van der Waals surface area (Å²) in [7, 11) is 0. The predicted octanol–water partition coefficient (Wildman–Crippen LogP) is 5.31. The van der Waals surface area contributed by atoms with Crippen LogP contribution in [-0.4, -0.2) is 20.9 Å². The zero-order chi connectivity index (χ0) is 19.7. The highest BCUT2D eigenvalue weighted by Crippen LogP contribution is 2.32. The van der Waals surface area contributed by atoms with Crippen LogP contribution in [0, 0.1) is 5.41 Å². The molecule has 1 heterocycles. The summed E-state index contributed by atoms with van der Waals surface area (Å²) >= 11 is -0.869. The van der Waals surface area contributed by atoms with Gasteiger partial charge >= 0.3 is 0 Å². The third-order valence-corrected chi connectivity index (χ3v) is 6.78. The molecule has 1 aromatic heterocycles. The fourth-order valence-corrected chi connectivity index (χ4v) is 4.84. The summed E-state index contributed by atoms with van der Waals surface area (Å²) in [5.74, 6) is 0. The summed E-state index contributed by atoms with van der Waals surface area (Å²) in [6, 6.07) is 17.4. The fraction of sp³-hybridized carbons (Fsp3) is 0.417. The average molecular weight is 395 g/mol. The smallest absolute Gasteiger partial charge is 0.135 e. The van der Waals surface area contributed by atoms with Gasteiger partial charge in [-0.05, 0) is 40.7 Å². The summed E-state index contributed by atoms with van der Waals surface area (Å²) in [5.41, 5.74) is 5.39. The van der Waals surface area contributed by atoms with E-state index in [0.29, 0.717) is 5.25 Å². The van der Waals surface area contributed by atoms with Crippen molar-refractivity contribution < 1.29 is 4.55 Å². The minimum absolute atomic E-state index is 0.230. The Bertz CT molecular complexity index is 938. The van der Waals surface area contributed by atoms with Gasteiger partial charge in [0.2, 0.25) is 0 Å². The Morgan fingerprint density at radius 1 is 1.07 bits per heavy atom. The van der Waals surface area contributed by atoms with Gasteiger partial charge in [-0.2, -0.15) is 0 Å². The Morgan fingerprint density at radius 3 is 2.50 bits per heavy atom. The van der Waals surface area contributed by atoms with Gasteiger partial charge in [-0.15, -0.1) is 4.72 Å². The van der Waals surface area contributed by atoms with Crippen molar-refractivity contribution in [1.82, 2.24) is 9.29 Å². The lowest BCUT2D eigenvalue weighted by molar-refractivity contribution is 0.412. The van der Waals surface area contributed by atoms with Gasteiger partial charge < -0.3 is 9.12 Å². The number of fused-ring (bicyclic) bond motifs is 1. The summed E-state index contributed by atoms with van der Waals surface area (Å²) < 4.78 is 17.6. The summed E-state index contributed by atoms with van der Waals surface area (Å²) in [6.07, 6.45) is 5.54. The molecule has 2 aromatic carbocycles. The highest BCUT2D eigenvalue weighted by molar-refractivity contribution is 7.90. The number of rotatable bonds is 7. The Kier molecular flexibility index (Phi) is 5.55. The molecule has 0 radical (unpaired) electrons. The average Bonchev–Trinajstić information content (AvgIpc) is 3.46. The minimum atomic E-state index is -0.869. The minimum Gasteiger partial charge on any atom is -0.598 e. The van der Waals surface area contributed by atoms with E-state index in [2.05, 4.69) is 84.8 Å². The molecular formula is C24H30N2OS. The van der Waals surface area contributed by atoms with Crippen molar-refractivity contribution in [2.75, 3.05) is 6.54 Å². The monoisotopic (exact) mass is 394 g/mol. The highest BCUT2D eigenvalue weighted by Gasteiger charge is 2.34. The molecule has 148 valence electrons. The normalized spacial score (nSPS) is 15.9. The molecule has 1 N–H and O–H groups in total. The molecule has 1 saturated carbocycles. The molecule has 1 unspecified atom stereocenters. The van der Waals surface area contributed by atoms with Crippen LogP contribution in [0.1, 0.15) is 39.2 Å². The van der Waals surface area contributed by atoms with Gasteiger partial charge in [-0.1, -0.05) is 57.2 Å². The highest BCUT2D eigenvalue weighted by atomic mass is 32.2. The first-order valence-corrected chi connectivity index (χ1v) is 11.4. The van der Waals surface area contributed by atoms with Gasteiger partial charge in [-0.25, -0.2) is 0 Å². The Balaban J connectivity index is 1.63. The van der Waals surface area contributed by atoms with Crippen molar-refractivity contribution in [2.24, 2.45) is 5.41 Å². The zero-order valence-electron chi connectivity index (χ0n) is 17.1. The van der Waals surface area contributed by atoms with Crippen molar-refractivity contribution >= 4 is 22.3 Å². The molecule has 0 aliphatic heterocycles. The van der Waals surface area contributed by atoms with Gasteiger partial charge in [-0.3, -0.25) is 0 Å². The first-order valence-electron chi connectivity index (χ1n) is 10.2. The van der Waals surface area contributed by atoms with Crippen LogP contribution in [0.3, 0.4) is 0 Å². The molecule has 4 heteroatoms. The lowest BCUT2D eigenvalue weighted by atomic mass is 9.88. The van der Waals surface area contributed by atoms with Crippen LogP contribution in [0.5, 0.6) is 0 Å². The van der Waals surface area contributed by atoms with Crippen LogP contribution in [0.4, 0.5) is 0 Å². The van der Waals surface area contributed by atoms with Gasteiger partial charge in [0.15, 0.2) is 0 Å². The topological polar surface area (TPSA) is 40.0 Å². The molecular weight excluding hydrogens is 364 g/mol. The number of nitrogens with zero attached hydrogens (tertiary/aromatic N) is 1. The molecule has 0 amide bonds. The van der Waals surface area contributed by atoms with Crippen LogP contribution in [0.25, 0.3) is 22.0 Å². The van der Waals surface area contributed by atoms with E-state index in [-0.39, 0.29) is 5.41 Å². The third-order valence-electron chi connectivity index (χ3n) is 5.22. The molecule has 1 atom stereocenters. The van der Waals surface area contributed by atoms with Crippen molar-refractivity contribution in [3.8, 4) is 11.1 Å². The first kappa shape index (κ1) is 19.6. The van der Waals surface area contributed by atoms with E-state index < -0.39 is 11.4 Å². The van der Waals surface area contributed by atoms with E-state index >= 15 is 0 Å². The SMILES string of the molecule is CC(C)(C)Cc1cn(CCN[S+]([O-])C2CC2)c2ccc(-c3ccccc3)cc12. The number of hydrogen-bond acceptors (Lipinski definition) is 2. The predicted molar refractivity (Wildman–Crippen MR) is 120 cm³/mol. The molecule has 1 fully saturated rings. The van der Waals surface area contributed by atoms with Crippen LogP contribution in [0.15, 0.2) is 54.7 Å². The Hall–Kier alpha value is -1.75. The Labute approximate surface area is 171 Å². The van der Waals surface area contributed by atoms with E-state index in [0.717, 1.165) is 32.4 Å². The molecule has 0 spiro atoms. The number of aromatic nitrogens is 1. The number of benzene rings is 2. The number of nitrogens with one attached hydrogen (secondary N) is 1. The van der Waals surface area contributed by atoms with E-state index in [1.54, 1.807) is 0 Å². The van der Waals surface area contributed by atoms with E-state index in [1.165, 1.54) is 27.6 Å².